The summed E-state index contributed by atoms with van der Waals surface area (Å²) in [4.78, 5) is 4.34. The normalized spacial score (nSPS) is 28.4. The lowest BCUT2D eigenvalue weighted by Crippen LogP contribution is -2.34. The van der Waals surface area contributed by atoms with Crippen molar-refractivity contribution < 1.29 is 9.84 Å². The Morgan fingerprint density at radius 3 is 2.61 bits per heavy atom. The summed E-state index contributed by atoms with van der Waals surface area (Å²) >= 11 is 0. The van der Waals surface area contributed by atoms with Crippen LogP contribution in [0.25, 0.3) is 0 Å². The molecule has 1 aromatic rings. The smallest absolute Gasteiger partial charge is 0.143 e. The molecule has 0 aliphatic heterocycles. The highest BCUT2D eigenvalue weighted by Crippen LogP contribution is 2.43. The van der Waals surface area contributed by atoms with Crippen LogP contribution in [0.5, 0.6) is 5.75 Å². The first-order valence-electron chi connectivity index (χ1n) is 6.78. The minimum absolute atomic E-state index is 0.695. The van der Waals surface area contributed by atoms with Crippen molar-refractivity contribution in [2.45, 2.75) is 45.1 Å². The predicted octanol–water partition coefficient (Wildman–Crippen LogP) is 3.12. The predicted molar refractivity (Wildman–Crippen MR) is 71.5 cm³/mol. The van der Waals surface area contributed by atoms with Gasteiger partial charge in [0.2, 0.25) is 0 Å². The molecule has 1 saturated carbocycles. The van der Waals surface area contributed by atoms with Crippen molar-refractivity contribution in [3.63, 3.8) is 0 Å². The molecule has 0 aromatic carbocycles. The molecule has 0 radical (unpaired) electrons. The Morgan fingerprint density at radius 1 is 1.39 bits per heavy atom. The lowest BCUT2D eigenvalue weighted by Gasteiger charge is -2.37. The summed E-state index contributed by atoms with van der Waals surface area (Å²) < 4.78 is 5.32. The van der Waals surface area contributed by atoms with Gasteiger partial charge in [-0.05, 0) is 49.7 Å². The average Bonchev–Trinajstić information content (AvgIpc) is 2.39. The van der Waals surface area contributed by atoms with E-state index in [0.29, 0.717) is 17.4 Å². The molecule has 1 fully saturated rings. The molecule has 0 spiro atoms. The number of rotatable bonds is 3. The van der Waals surface area contributed by atoms with E-state index in [0.717, 1.165) is 31.6 Å². The van der Waals surface area contributed by atoms with E-state index in [2.05, 4.69) is 18.8 Å². The highest BCUT2D eigenvalue weighted by molar-refractivity contribution is 5.32. The molecule has 3 nitrogen and oxygen atoms in total. The van der Waals surface area contributed by atoms with Gasteiger partial charge in [0.15, 0.2) is 0 Å². The summed E-state index contributed by atoms with van der Waals surface area (Å²) in [7, 11) is 1.63. The molecule has 1 aliphatic carbocycles. The molecule has 0 atom stereocenters. The van der Waals surface area contributed by atoms with E-state index in [1.165, 1.54) is 0 Å². The first-order chi connectivity index (χ1) is 8.57. The van der Waals surface area contributed by atoms with Crippen LogP contribution in [0.1, 0.15) is 45.2 Å². The summed E-state index contributed by atoms with van der Waals surface area (Å²) in [5.74, 6) is 2.11. The quantitative estimate of drug-likeness (QED) is 0.895. The van der Waals surface area contributed by atoms with Gasteiger partial charge in [-0.2, -0.15) is 0 Å². The second-order valence-electron chi connectivity index (χ2n) is 5.67. The summed E-state index contributed by atoms with van der Waals surface area (Å²) in [5, 5.41) is 10.8. The van der Waals surface area contributed by atoms with E-state index in [1.54, 1.807) is 13.3 Å². The zero-order chi connectivity index (χ0) is 13.2. The monoisotopic (exact) mass is 249 g/mol. The standard InChI is InChI=1S/C15H23NO2/c1-11(2)12-6-8-15(17,9-7-12)14-13(18-3)5-4-10-16-14/h4-5,10-12,17H,6-9H2,1-3H3. The molecular weight excluding hydrogens is 226 g/mol. The van der Waals surface area contributed by atoms with Crippen LogP contribution in [-0.2, 0) is 5.60 Å². The van der Waals surface area contributed by atoms with Crippen molar-refractivity contribution in [1.82, 2.24) is 4.98 Å². The molecule has 1 N–H and O–H groups in total. The highest BCUT2D eigenvalue weighted by atomic mass is 16.5. The van der Waals surface area contributed by atoms with Crippen molar-refractivity contribution in [3.05, 3.63) is 24.0 Å². The van der Waals surface area contributed by atoms with Gasteiger partial charge in [-0.15, -0.1) is 0 Å². The summed E-state index contributed by atoms with van der Waals surface area (Å²) in [6, 6.07) is 3.71. The Bertz CT molecular complexity index is 395. The van der Waals surface area contributed by atoms with Crippen molar-refractivity contribution in [3.8, 4) is 5.75 Å². The first-order valence-corrected chi connectivity index (χ1v) is 6.78. The third-order valence-electron chi connectivity index (χ3n) is 4.23. The van der Waals surface area contributed by atoms with Crippen molar-refractivity contribution in [2.75, 3.05) is 7.11 Å². The van der Waals surface area contributed by atoms with E-state index in [9.17, 15) is 5.11 Å². The number of hydrogen-bond acceptors (Lipinski definition) is 3. The Kier molecular flexibility index (Phi) is 3.91. The van der Waals surface area contributed by atoms with Crippen LogP contribution >= 0.6 is 0 Å². The SMILES string of the molecule is COc1cccnc1C1(O)CCC(C(C)C)CC1. The molecule has 100 valence electrons. The third kappa shape index (κ3) is 2.51. The van der Waals surface area contributed by atoms with Gasteiger partial charge in [-0.1, -0.05) is 13.8 Å². The minimum atomic E-state index is -0.808. The van der Waals surface area contributed by atoms with Gasteiger partial charge >= 0.3 is 0 Å². The average molecular weight is 249 g/mol. The molecule has 1 aliphatic rings. The Labute approximate surface area is 109 Å². The Hall–Kier alpha value is -1.09. The summed E-state index contributed by atoms with van der Waals surface area (Å²) in [6.45, 7) is 4.52. The minimum Gasteiger partial charge on any atom is -0.495 e. The second-order valence-corrected chi connectivity index (χ2v) is 5.67. The zero-order valence-electron chi connectivity index (χ0n) is 11.5. The van der Waals surface area contributed by atoms with E-state index in [-0.39, 0.29) is 0 Å². The Balaban J connectivity index is 2.18. The fourth-order valence-electron chi connectivity index (χ4n) is 2.93. The molecule has 1 heterocycles. The van der Waals surface area contributed by atoms with Crippen LogP contribution in [0, 0.1) is 11.8 Å². The lowest BCUT2D eigenvalue weighted by molar-refractivity contribution is -0.0253. The van der Waals surface area contributed by atoms with Crippen molar-refractivity contribution in [1.29, 1.82) is 0 Å². The number of methoxy groups -OCH3 is 1. The number of nitrogens with zero attached hydrogens (tertiary/aromatic N) is 1. The van der Waals surface area contributed by atoms with Gasteiger partial charge in [0.25, 0.3) is 0 Å². The van der Waals surface area contributed by atoms with E-state index >= 15 is 0 Å². The zero-order valence-corrected chi connectivity index (χ0v) is 11.5. The first kappa shape index (κ1) is 13.3. The van der Waals surface area contributed by atoms with Gasteiger partial charge in [0, 0.05) is 6.20 Å². The van der Waals surface area contributed by atoms with Crippen LogP contribution in [-0.4, -0.2) is 17.2 Å². The maximum Gasteiger partial charge on any atom is 0.143 e. The maximum atomic E-state index is 10.8. The van der Waals surface area contributed by atoms with E-state index in [1.807, 2.05) is 12.1 Å². The molecule has 0 saturated heterocycles. The van der Waals surface area contributed by atoms with Crippen molar-refractivity contribution >= 4 is 0 Å². The Morgan fingerprint density at radius 2 is 2.06 bits per heavy atom. The van der Waals surface area contributed by atoms with Gasteiger partial charge in [0.1, 0.15) is 17.0 Å². The van der Waals surface area contributed by atoms with Gasteiger partial charge in [-0.3, -0.25) is 4.98 Å². The topological polar surface area (TPSA) is 42.4 Å². The van der Waals surface area contributed by atoms with Crippen LogP contribution in [0.4, 0.5) is 0 Å². The number of aliphatic hydroxyl groups is 1. The highest BCUT2D eigenvalue weighted by Gasteiger charge is 2.38. The molecule has 0 bridgehead atoms. The summed E-state index contributed by atoms with van der Waals surface area (Å²) in [6.07, 6.45) is 5.42. The fourth-order valence-corrected chi connectivity index (χ4v) is 2.93. The summed E-state index contributed by atoms with van der Waals surface area (Å²) in [5.41, 5.74) is -0.104. The van der Waals surface area contributed by atoms with Crippen LogP contribution in [0.2, 0.25) is 0 Å². The van der Waals surface area contributed by atoms with Gasteiger partial charge in [-0.25, -0.2) is 0 Å². The molecule has 1 aromatic heterocycles. The number of hydrogen-bond donors (Lipinski definition) is 1. The van der Waals surface area contributed by atoms with Gasteiger partial charge in [0.05, 0.1) is 7.11 Å². The van der Waals surface area contributed by atoms with Crippen LogP contribution < -0.4 is 4.74 Å². The van der Waals surface area contributed by atoms with Crippen LogP contribution in [0.15, 0.2) is 18.3 Å². The van der Waals surface area contributed by atoms with Crippen molar-refractivity contribution in [2.24, 2.45) is 11.8 Å². The lowest BCUT2D eigenvalue weighted by atomic mass is 9.73. The molecular formula is C15H23NO2. The molecule has 0 unspecified atom stereocenters. The number of aromatic nitrogens is 1. The third-order valence-corrected chi connectivity index (χ3v) is 4.23. The molecule has 0 amide bonds. The number of ether oxygens (including phenoxy) is 1. The fraction of sp³-hybridized carbons (Fsp3) is 0.667. The molecule has 2 rings (SSSR count). The van der Waals surface area contributed by atoms with Crippen LogP contribution in [0.3, 0.4) is 0 Å². The maximum absolute atomic E-state index is 10.8. The molecule has 18 heavy (non-hydrogen) atoms. The molecule has 3 heteroatoms. The number of pyridine rings is 1. The van der Waals surface area contributed by atoms with E-state index in [4.69, 9.17) is 4.74 Å². The second kappa shape index (κ2) is 5.27. The van der Waals surface area contributed by atoms with E-state index < -0.39 is 5.60 Å². The largest absolute Gasteiger partial charge is 0.495 e. The van der Waals surface area contributed by atoms with Gasteiger partial charge < -0.3 is 9.84 Å².